The van der Waals surface area contributed by atoms with Gasteiger partial charge in [-0.25, -0.2) is 0 Å². The van der Waals surface area contributed by atoms with E-state index < -0.39 is 5.60 Å². The van der Waals surface area contributed by atoms with Crippen molar-refractivity contribution in [2.45, 2.75) is 12.5 Å². The molecular formula is C16H14O2. The molecule has 18 heavy (non-hydrogen) atoms. The molecule has 0 atom stereocenters. The summed E-state index contributed by atoms with van der Waals surface area (Å²) < 4.78 is 0. The quantitative estimate of drug-likeness (QED) is 0.702. The van der Waals surface area contributed by atoms with Gasteiger partial charge in [-0.1, -0.05) is 54.5 Å². The van der Waals surface area contributed by atoms with Gasteiger partial charge in [0.15, 0.2) is 5.60 Å². The van der Waals surface area contributed by atoms with Crippen molar-refractivity contribution in [3.05, 3.63) is 59.7 Å². The highest BCUT2D eigenvalue weighted by Crippen LogP contribution is 2.46. The summed E-state index contributed by atoms with van der Waals surface area (Å²) in [6.45, 7) is 1.75. The molecule has 0 fully saturated rings. The minimum atomic E-state index is -1.15. The zero-order valence-electron chi connectivity index (χ0n) is 10.1. The maximum atomic E-state index is 10.8. The largest absolute Gasteiger partial charge is 0.412 e. The number of benzene rings is 2. The van der Waals surface area contributed by atoms with E-state index in [1.165, 1.54) is 0 Å². The van der Waals surface area contributed by atoms with Gasteiger partial charge in [0.25, 0.3) is 0 Å². The van der Waals surface area contributed by atoms with Gasteiger partial charge in [0.2, 0.25) is 0 Å². The molecule has 0 heterocycles. The normalized spacial score (nSPS) is 13.7. The van der Waals surface area contributed by atoms with Crippen LogP contribution in [-0.2, 0) is 5.60 Å². The molecule has 0 aromatic heterocycles. The molecule has 90 valence electrons. The summed E-state index contributed by atoms with van der Waals surface area (Å²) in [5, 5.41) is 10.8. The summed E-state index contributed by atoms with van der Waals surface area (Å²) >= 11 is 0. The topological polar surface area (TPSA) is 51.7 Å². The first-order valence-electron chi connectivity index (χ1n) is 5.63. The van der Waals surface area contributed by atoms with Gasteiger partial charge in [0.05, 0.1) is 0 Å². The Morgan fingerprint density at radius 2 is 1.33 bits per heavy atom. The Labute approximate surface area is 106 Å². The molecule has 0 spiro atoms. The second-order valence-corrected chi connectivity index (χ2v) is 4.18. The molecule has 0 aliphatic heterocycles. The Morgan fingerprint density at radius 3 is 1.78 bits per heavy atom. The zero-order chi connectivity index (χ0) is 11.9. The standard InChI is InChI=1S/C16H12O.H2O/c1-2-11-16(17)14-9-5-3-7-12(14)13-8-4-6-10-15(13)16;/h3-10,17H,1H3;1H2. The Balaban J connectivity index is 0.00000120. The van der Waals surface area contributed by atoms with Crippen LogP contribution in [0.1, 0.15) is 18.1 Å². The Bertz CT molecular complexity index is 602. The lowest BCUT2D eigenvalue weighted by molar-refractivity contribution is 0.150. The van der Waals surface area contributed by atoms with Crippen LogP contribution in [0.25, 0.3) is 11.1 Å². The fraction of sp³-hybridized carbons (Fsp3) is 0.125. The van der Waals surface area contributed by atoms with Gasteiger partial charge in [-0.05, 0) is 18.1 Å². The zero-order valence-corrected chi connectivity index (χ0v) is 10.1. The number of hydrogen-bond donors (Lipinski definition) is 1. The van der Waals surface area contributed by atoms with Crippen LogP contribution in [0.4, 0.5) is 0 Å². The van der Waals surface area contributed by atoms with E-state index in [9.17, 15) is 5.11 Å². The van der Waals surface area contributed by atoms with Crippen molar-refractivity contribution in [3.8, 4) is 23.0 Å². The van der Waals surface area contributed by atoms with Gasteiger partial charge in [-0.3, -0.25) is 0 Å². The van der Waals surface area contributed by atoms with Gasteiger partial charge in [0.1, 0.15) is 0 Å². The van der Waals surface area contributed by atoms with Gasteiger partial charge in [-0.15, -0.1) is 5.92 Å². The van der Waals surface area contributed by atoms with Gasteiger partial charge >= 0.3 is 0 Å². The summed E-state index contributed by atoms with van der Waals surface area (Å²) in [5.41, 5.74) is 2.77. The lowest BCUT2D eigenvalue weighted by atomic mass is 9.92. The SMILES string of the molecule is CC#CC1(O)c2ccccc2-c2ccccc21.O. The van der Waals surface area contributed by atoms with Crippen molar-refractivity contribution in [2.24, 2.45) is 0 Å². The van der Waals surface area contributed by atoms with Crippen LogP contribution in [-0.4, -0.2) is 10.6 Å². The van der Waals surface area contributed by atoms with Crippen molar-refractivity contribution >= 4 is 0 Å². The summed E-state index contributed by atoms with van der Waals surface area (Å²) in [6, 6.07) is 15.8. The van der Waals surface area contributed by atoms with Crippen LogP contribution >= 0.6 is 0 Å². The average Bonchev–Trinajstić information content (AvgIpc) is 2.62. The number of hydrogen-bond acceptors (Lipinski definition) is 1. The average molecular weight is 238 g/mol. The van der Waals surface area contributed by atoms with Crippen LogP contribution in [0.2, 0.25) is 0 Å². The number of rotatable bonds is 0. The summed E-state index contributed by atoms with van der Waals surface area (Å²) in [7, 11) is 0. The van der Waals surface area contributed by atoms with E-state index in [4.69, 9.17) is 0 Å². The fourth-order valence-electron chi connectivity index (χ4n) is 2.53. The summed E-state index contributed by atoms with van der Waals surface area (Å²) in [6.07, 6.45) is 0. The van der Waals surface area contributed by atoms with Gasteiger partial charge < -0.3 is 10.6 Å². The Morgan fingerprint density at radius 1 is 0.889 bits per heavy atom. The highest BCUT2D eigenvalue weighted by atomic mass is 16.3. The third-order valence-electron chi connectivity index (χ3n) is 3.23. The monoisotopic (exact) mass is 238 g/mol. The third kappa shape index (κ3) is 1.46. The van der Waals surface area contributed by atoms with Crippen LogP contribution in [0.5, 0.6) is 0 Å². The molecule has 3 N–H and O–H groups in total. The molecule has 0 saturated carbocycles. The second-order valence-electron chi connectivity index (χ2n) is 4.18. The first kappa shape index (κ1) is 12.4. The molecule has 2 aromatic rings. The first-order valence-corrected chi connectivity index (χ1v) is 5.63. The highest BCUT2D eigenvalue weighted by Gasteiger charge is 2.39. The van der Waals surface area contributed by atoms with Gasteiger partial charge in [0, 0.05) is 11.1 Å². The van der Waals surface area contributed by atoms with E-state index in [-0.39, 0.29) is 5.48 Å². The van der Waals surface area contributed by atoms with Crippen LogP contribution in [0.3, 0.4) is 0 Å². The van der Waals surface area contributed by atoms with Crippen LogP contribution in [0.15, 0.2) is 48.5 Å². The predicted molar refractivity (Wildman–Crippen MR) is 71.9 cm³/mol. The predicted octanol–water partition coefficient (Wildman–Crippen LogP) is 2.10. The summed E-state index contributed by atoms with van der Waals surface area (Å²) in [4.78, 5) is 0. The molecule has 2 aromatic carbocycles. The molecule has 0 unspecified atom stereocenters. The molecule has 0 bridgehead atoms. The molecule has 3 rings (SSSR count). The number of aliphatic hydroxyl groups is 1. The molecule has 0 saturated heterocycles. The van der Waals surface area contributed by atoms with Crippen molar-refractivity contribution in [3.63, 3.8) is 0 Å². The molecule has 2 nitrogen and oxygen atoms in total. The molecule has 0 radical (unpaired) electrons. The molecule has 1 aliphatic rings. The molecule has 1 aliphatic carbocycles. The molecular weight excluding hydrogens is 224 g/mol. The molecule has 0 amide bonds. The van der Waals surface area contributed by atoms with E-state index >= 15 is 0 Å². The van der Waals surface area contributed by atoms with Gasteiger partial charge in [-0.2, -0.15) is 0 Å². The first-order chi connectivity index (χ1) is 8.27. The maximum absolute atomic E-state index is 10.8. The van der Waals surface area contributed by atoms with Crippen molar-refractivity contribution < 1.29 is 10.6 Å². The van der Waals surface area contributed by atoms with Crippen molar-refractivity contribution in [1.82, 2.24) is 0 Å². The number of fused-ring (bicyclic) bond motifs is 3. The van der Waals surface area contributed by atoms with Crippen molar-refractivity contribution in [1.29, 1.82) is 0 Å². The smallest absolute Gasteiger partial charge is 0.178 e. The van der Waals surface area contributed by atoms with E-state index in [1.807, 2.05) is 48.5 Å². The molecule has 2 heteroatoms. The highest BCUT2D eigenvalue weighted by molar-refractivity contribution is 5.81. The van der Waals surface area contributed by atoms with E-state index in [1.54, 1.807) is 6.92 Å². The van der Waals surface area contributed by atoms with Crippen molar-refractivity contribution in [2.75, 3.05) is 0 Å². The fourth-order valence-corrected chi connectivity index (χ4v) is 2.53. The second kappa shape index (κ2) is 4.30. The minimum Gasteiger partial charge on any atom is -0.412 e. The van der Waals surface area contributed by atoms with E-state index in [0.29, 0.717) is 0 Å². The Kier molecular flexibility index (Phi) is 2.96. The van der Waals surface area contributed by atoms with E-state index in [2.05, 4.69) is 11.8 Å². The lowest BCUT2D eigenvalue weighted by Gasteiger charge is -2.18. The van der Waals surface area contributed by atoms with E-state index in [0.717, 1.165) is 22.3 Å². The van der Waals surface area contributed by atoms with Crippen LogP contribution < -0.4 is 0 Å². The summed E-state index contributed by atoms with van der Waals surface area (Å²) in [5.74, 6) is 5.77. The Hall–Kier alpha value is -2.08. The third-order valence-corrected chi connectivity index (χ3v) is 3.23. The minimum absolute atomic E-state index is 0. The van der Waals surface area contributed by atoms with Crippen LogP contribution in [0, 0.1) is 11.8 Å². The lowest BCUT2D eigenvalue weighted by Crippen LogP contribution is -2.21. The maximum Gasteiger partial charge on any atom is 0.178 e.